The van der Waals surface area contributed by atoms with Gasteiger partial charge in [0.1, 0.15) is 0 Å². The van der Waals surface area contributed by atoms with Gasteiger partial charge in [-0.1, -0.05) is 23.7 Å². The molecule has 0 unspecified atom stereocenters. The quantitative estimate of drug-likeness (QED) is 0.278. The Labute approximate surface area is 62.2 Å². The van der Waals surface area contributed by atoms with Crippen molar-refractivity contribution in [3.63, 3.8) is 0 Å². The first-order valence-corrected chi connectivity index (χ1v) is 3.53. The second kappa shape index (κ2) is 5.03. The molecule has 0 radical (unpaired) electrons. The lowest BCUT2D eigenvalue weighted by molar-refractivity contribution is 0.317. The molecule has 10 heavy (non-hydrogen) atoms. The highest BCUT2D eigenvalue weighted by atomic mass is 16.4. The summed E-state index contributed by atoms with van der Waals surface area (Å²) in [4.78, 5) is 0. The molecule has 1 N–H and O–H groups in total. The van der Waals surface area contributed by atoms with Crippen molar-refractivity contribution in [1.82, 2.24) is 0 Å². The van der Waals surface area contributed by atoms with Crippen molar-refractivity contribution in [2.75, 3.05) is 0 Å². The Morgan fingerprint density at radius 3 is 2.40 bits per heavy atom. The first kappa shape index (κ1) is 9.21. The Balaban J connectivity index is 3.78. The van der Waals surface area contributed by atoms with Gasteiger partial charge in [-0.3, -0.25) is 0 Å². The van der Waals surface area contributed by atoms with E-state index >= 15 is 0 Å². The standard InChI is InChI=1S/C8H15NO/c1-4-8(9-10)6-5-7(2)3/h5,10H,4,6H2,1-3H3. The lowest BCUT2D eigenvalue weighted by atomic mass is 10.2. The third kappa shape index (κ3) is 4.13. The Kier molecular flexibility index (Phi) is 4.63. The molecule has 0 spiro atoms. The highest BCUT2D eigenvalue weighted by molar-refractivity contribution is 5.84. The van der Waals surface area contributed by atoms with Crippen LogP contribution in [0.25, 0.3) is 0 Å². The summed E-state index contributed by atoms with van der Waals surface area (Å²) in [7, 11) is 0. The molecule has 0 saturated carbocycles. The molecule has 2 nitrogen and oxygen atoms in total. The van der Waals surface area contributed by atoms with Crippen LogP contribution in [0.15, 0.2) is 16.8 Å². The van der Waals surface area contributed by atoms with Crippen LogP contribution in [-0.4, -0.2) is 10.9 Å². The van der Waals surface area contributed by atoms with Crippen molar-refractivity contribution in [3.05, 3.63) is 11.6 Å². The molecule has 0 heterocycles. The number of nitrogens with zero attached hydrogens (tertiary/aromatic N) is 1. The van der Waals surface area contributed by atoms with Crippen LogP contribution in [-0.2, 0) is 0 Å². The van der Waals surface area contributed by atoms with Gasteiger partial charge in [-0.15, -0.1) is 0 Å². The van der Waals surface area contributed by atoms with Crippen LogP contribution in [0.2, 0.25) is 0 Å². The maximum absolute atomic E-state index is 8.40. The highest BCUT2D eigenvalue weighted by Crippen LogP contribution is 1.97. The van der Waals surface area contributed by atoms with Crippen molar-refractivity contribution in [3.8, 4) is 0 Å². The van der Waals surface area contributed by atoms with Crippen molar-refractivity contribution in [2.24, 2.45) is 5.16 Å². The maximum atomic E-state index is 8.40. The first-order chi connectivity index (χ1) is 4.70. The summed E-state index contributed by atoms with van der Waals surface area (Å²) in [6.45, 7) is 6.04. The van der Waals surface area contributed by atoms with Gasteiger partial charge < -0.3 is 5.21 Å². The van der Waals surface area contributed by atoms with Gasteiger partial charge in [0, 0.05) is 6.42 Å². The molecule has 2 heteroatoms. The van der Waals surface area contributed by atoms with Crippen LogP contribution in [0.3, 0.4) is 0 Å². The van der Waals surface area contributed by atoms with Crippen LogP contribution in [0.1, 0.15) is 33.6 Å². The SMILES string of the molecule is CCC(CC=C(C)C)=NO. The summed E-state index contributed by atoms with van der Waals surface area (Å²) in [5.74, 6) is 0. The minimum Gasteiger partial charge on any atom is -0.411 e. The van der Waals surface area contributed by atoms with Gasteiger partial charge in [-0.2, -0.15) is 0 Å². The molecule has 0 aromatic heterocycles. The zero-order valence-electron chi connectivity index (χ0n) is 6.89. The summed E-state index contributed by atoms with van der Waals surface area (Å²) < 4.78 is 0. The van der Waals surface area contributed by atoms with Gasteiger partial charge in [-0.05, 0) is 20.3 Å². The maximum Gasteiger partial charge on any atom is 0.0605 e. The molecule has 0 rings (SSSR count). The summed E-state index contributed by atoms with van der Waals surface area (Å²) in [5.41, 5.74) is 2.09. The molecule has 0 atom stereocenters. The normalized spacial score (nSPS) is 11.3. The van der Waals surface area contributed by atoms with E-state index in [1.807, 2.05) is 20.8 Å². The van der Waals surface area contributed by atoms with Gasteiger partial charge in [0.15, 0.2) is 0 Å². The zero-order chi connectivity index (χ0) is 7.98. The van der Waals surface area contributed by atoms with E-state index in [1.165, 1.54) is 5.57 Å². The van der Waals surface area contributed by atoms with E-state index in [9.17, 15) is 0 Å². The molecular weight excluding hydrogens is 126 g/mol. The van der Waals surface area contributed by atoms with Gasteiger partial charge in [-0.25, -0.2) is 0 Å². The van der Waals surface area contributed by atoms with Gasteiger partial charge >= 0.3 is 0 Å². The van der Waals surface area contributed by atoms with Crippen LogP contribution in [0, 0.1) is 0 Å². The Bertz CT molecular complexity index is 143. The van der Waals surface area contributed by atoms with Crippen LogP contribution < -0.4 is 0 Å². The van der Waals surface area contributed by atoms with Crippen molar-refractivity contribution >= 4 is 5.71 Å². The van der Waals surface area contributed by atoms with Gasteiger partial charge in [0.05, 0.1) is 5.71 Å². The molecule has 0 aliphatic heterocycles. The summed E-state index contributed by atoms with van der Waals surface area (Å²) in [6.07, 6.45) is 3.65. The Hall–Kier alpha value is -0.790. The molecule has 58 valence electrons. The van der Waals surface area contributed by atoms with E-state index in [0.717, 1.165) is 18.6 Å². The number of allylic oxidation sites excluding steroid dienone is 2. The van der Waals surface area contributed by atoms with E-state index in [0.29, 0.717) is 0 Å². The average Bonchev–Trinajstić information content (AvgIpc) is 1.90. The van der Waals surface area contributed by atoms with E-state index in [2.05, 4.69) is 11.2 Å². The second-order valence-corrected chi connectivity index (χ2v) is 2.51. The fraction of sp³-hybridized carbons (Fsp3) is 0.625. The third-order valence-electron chi connectivity index (χ3n) is 1.30. The molecule has 0 aromatic carbocycles. The lowest BCUT2D eigenvalue weighted by Crippen LogP contribution is -1.93. The fourth-order valence-corrected chi connectivity index (χ4v) is 0.578. The largest absolute Gasteiger partial charge is 0.411 e. The lowest BCUT2D eigenvalue weighted by Gasteiger charge is -1.94. The second-order valence-electron chi connectivity index (χ2n) is 2.51. The van der Waals surface area contributed by atoms with Crippen molar-refractivity contribution < 1.29 is 5.21 Å². The molecule has 0 aliphatic carbocycles. The number of oxime groups is 1. The minimum atomic E-state index is 0.773. The smallest absolute Gasteiger partial charge is 0.0605 e. The molecule has 0 aliphatic rings. The zero-order valence-corrected chi connectivity index (χ0v) is 6.89. The molecule has 0 aromatic rings. The van der Waals surface area contributed by atoms with Crippen molar-refractivity contribution in [2.45, 2.75) is 33.6 Å². The van der Waals surface area contributed by atoms with Crippen LogP contribution in [0.4, 0.5) is 0 Å². The predicted octanol–water partition coefficient (Wildman–Crippen LogP) is 2.58. The molecule has 0 bridgehead atoms. The Morgan fingerprint density at radius 1 is 1.50 bits per heavy atom. The highest BCUT2D eigenvalue weighted by Gasteiger charge is 1.91. The van der Waals surface area contributed by atoms with E-state index in [1.54, 1.807) is 0 Å². The molecule has 0 saturated heterocycles. The summed E-state index contributed by atoms with van der Waals surface area (Å²) in [5, 5.41) is 11.5. The molecule has 0 fully saturated rings. The minimum absolute atomic E-state index is 0.773. The van der Waals surface area contributed by atoms with Crippen LogP contribution >= 0.6 is 0 Å². The van der Waals surface area contributed by atoms with Gasteiger partial charge in [0.25, 0.3) is 0 Å². The predicted molar refractivity (Wildman–Crippen MR) is 43.6 cm³/mol. The average molecular weight is 141 g/mol. The topological polar surface area (TPSA) is 32.6 Å². The van der Waals surface area contributed by atoms with E-state index in [-0.39, 0.29) is 0 Å². The van der Waals surface area contributed by atoms with E-state index < -0.39 is 0 Å². The van der Waals surface area contributed by atoms with Gasteiger partial charge in [0.2, 0.25) is 0 Å². The number of hydrogen-bond donors (Lipinski definition) is 1. The summed E-state index contributed by atoms with van der Waals surface area (Å²) >= 11 is 0. The van der Waals surface area contributed by atoms with Crippen LogP contribution in [0.5, 0.6) is 0 Å². The number of rotatable bonds is 3. The monoisotopic (exact) mass is 141 g/mol. The number of hydrogen-bond acceptors (Lipinski definition) is 2. The third-order valence-corrected chi connectivity index (χ3v) is 1.30. The first-order valence-electron chi connectivity index (χ1n) is 3.53. The summed E-state index contributed by atoms with van der Waals surface area (Å²) in [6, 6.07) is 0. The van der Waals surface area contributed by atoms with E-state index in [4.69, 9.17) is 5.21 Å². The Morgan fingerprint density at radius 2 is 2.10 bits per heavy atom. The fourth-order valence-electron chi connectivity index (χ4n) is 0.578. The van der Waals surface area contributed by atoms with Crippen molar-refractivity contribution in [1.29, 1.82) is 0 Å². The molecule has 0 amide bonds. The molecular formula is C8H15NO.